The number of anilines is 1. The summed E-state index contributed by atoms with van der Waals surface area (Å²) in [6.07, 6.45) is 3.88. The lowest BCUT2D eigenvalue weighted by atomic mass is 10.1. The molecule has 204 valence electrons. The molecule has 0 radical (unpaired) electrons. The number of nitrogen functional groups attached to an aromatic ring is 1. The molecule has 0 aliphatic carbocycles. The van der Waals surface area contributed by atoms with Crippen LogP contribution in [0.3, 0.4) is 0 Å². The maximum Gasteiger partial charge on any atom is 0.353 e. The number of pyridine rings is 1. The number of carboxylic acid groups (broad SMARTS) is 1. The molecule has 2 amide bonds. The van der Waals surface area contributed by atoms with Crippen LogP contribution < -0.4 is 16.8 Å². The predicted octanol–water partition coefficient (Wildman–Crippen LogP) is 2.27. The molecular formula is C21H24ClN7O5S4. The first-order valence-electron chi connectivity index (χ1n) is 10.8. The van der Waals surface area contributed by atoms with Crippen LogP contribution in [0.2, 0.25) is 4.34 Å². The largest absolute Gasteiger partial charge is 0.477 e. The molecule has 2 aromatic rings. The summed E-state index contributed by atoms with van der Waals surface area (Å²) in [4.78, 5) is 45.5. The number of aliphatic carboxylic acids is 1. The van der Waals surface area contributed by atoms with Crippen molar-refractivity contribution in [3.63, 3.8) is 0 Å². The Morgan fingerprint density at radius 2 is 2.24 bits per heavy atom. The molecule has 38 heavy (non-hydrogen) atoms. The molecule has 4 rings (SSSR count). The number of carboxylic acids is 1. The van der Waals surface area contributed by atoms with Crippen LogP contribution in [0, 0.1) is 0 Å². The number of hydrogen-bond donors (Lipinski definition) is 5. The number of thioether (sulfide) groups is 3. The number of nitrogens with one attached hydrogen (secondary N) is 1. The number of oxime groups is 1. The van der Waals surface area contributed by atoms with Gasteiger partial charge < -0.3 is 27.1 Å². The molecule has 4 heterocycles. The van der Waals surface area contributed by atoms with Gasteiger partial charge in [-0.05, 0) is 18.6 Å². The lowest BCUT2D eigenvalue weighted by Gasteiger charge is -2.48. The molecule has 0 aromatic carbocycles. The molecule has 7 N–H and O–H groups in total. The number of carbonyl (C=O) groups excluding carboxylic acids is 2. The summed E-state index contributed by atoms with van der Waals surface area (Å²) in [5, 5.41) is 23.5. The molecule has 2 aliphatic rings. The quantitative estimate of drug-likeness (QED) is 0.0652. The fourth-order valence-corrected chi connectivity index (χ4v) is 7.85. The first-order valence-corrected chi connectivity index (χ1v) is 15.0. The third-order valence-electron chi connectivity index (χ3n) is 5.10. The summed E-state index contributed by atoms with van der Waals surface area (Å²) in [5.74, 6) is 0.479. The van der Waals surface area contributed by atoms with Crippen molar-refractivity contribution in [2.45, 2.75) is 29.0 Å². The Balaban J connectivity index is 0.000000304. The van der Waals surface area contributed by atoms with Gasteiger partial charge in [-0.2, -0.15) is 11.8 Å². The van der Waals surface area contributed by atoms with Crippen molar-refractivity contribution in [3.05, 3.63) is 44.7 Å². The number of rotatable bonds is 10. The standard InChI is InChI=1S/C16H18N4O4S3.C5H6ClN3OS/c17-2-4-25-6-9-1-3-18-5-10(9)27-11-7-26-15-12(19-8-21)14(22)20(15)13(11)16(23)24;1-2(9-10)3-4(6)11-5(7)8-3/h1,3,5,8,12,15H,2,4,6-7,17H2,(H,19,21)(H,23,24);10H,1H3,(H2,7,8)/b;9-2+/t12-,15-;/m1./s1. The van der Waals surface area contributed by atoms with E-state index in [9.17, 15) is 19.5 Å². The van der Waals surface area contributed by atoms with Gasteiger partial charge in [0.2, 0.25) is 6.41 Å². The minimum absolute atomic E-state index is 0.0119. The number of thiazole rings is 1. The highest BCUT2D eigenvalue weighted by Crippen LogP contribution is 2.45. The zero-order valence-corrected chi connectivity index (χ0v) is 23.9. The van der Waals surface area contributed by atoms with Crippen molar-refractivity contribution in [2.75, 3.05) is 23.8 Å². The average molecular weight is 618 g/mol. The second kappa shape index (κ2) is 14.0. The summed E-state index contributed by atoms with van der Waals surface area (Å²) >= 11 is 11.3. The van der Waals surface area contributed by atoms with E-state index in [4.69, 9.17) is 28.3 Å². The van der Waals surface area contributed by atoms with Crippen molar-refractivity contribution in [1.82, 2.24) is 20.2 Å². The van der Waals surface area contributed by atoms with E-state index in [-0.39, 0.29) is 11.1 Å². The number of β-lactam (4-membered cyclic amide) rings is 1. The highest BCUT2D eigenvalue weighted by molar-refractivity contribution is 8.06. The first kappa shape index (κ1) is 30.0. The first-order chi connectivity index (χ1) is 18.2. The summed E-state index contributed by atoms with van der Waals surface area (Å²) in [5.41, 5.74) is 12.7. The lowest BCUT2D eigenvalue weighted by molar-refractivity contribution is -0.149. The van der Waals surface area contributed by atoms with Gasteiger partial charge in [0.15, 0.2) is 5.13 Å². The van der Waals surface area contributed by atoms with Crippen molar-refractivity contribution >= 4 is 87.4 Å². The number of nitrogens with zero attached hydrogens (tertiary/aromatic N) is 4. The van der Waals surface area contributed by atoms with Crippen LogP contribution in [0.15, 0.2) is 39.1 Å². The van der Waals surface area contributed by atoms with Gasteiger partial charge in [0.25, 0.3) is 5.91 Å². The lowest BCUT2D eigenvalue weighted by Crippen LogP contribution is -2.69. The van der Waals surface area contributed by atoms with Gasteiger partial charge in [-0.25, -0.2) is 9.78 Å². The number of carbonyl (C=O) groups is 3. The maximum atomic E-state index is 12.3. The SMILES string of the molecule is C/C(=N\O)c1nc(N)sc1Cl.NCCSCc1ccncc1SC1=C(C(=O)O)N2C(=O)[C@@H](NC=O)[C@H]2SC1. The van der Waals surface area contributed by atoms with E-state index in [1.807, 2.05) is 6.07 Å². The second-order valence-electron chi connectivity index (χ2n) is 7.54. The van der Waals surface area contributed by atoms with Gasteiger partial charge in [0, 0.05) is 46.0 Å². The topological polar surface area (TPSA) is 197 Å². The molecule has 1 fully saturated rings. The summed E-state index contributed by atoms with van der Waals surface area (Å²) in [6, 6.07) is 1.24. The Morgan fingerprint density at radius 1 is 1.47 bits per heavy atom. The molecule has 2 aliphatic heterocycles. The van der Waals surface area contributed by atoms with Crippen LogP contribution in [0.1, 0.15) is 18.2 Å². The van der Waals surface area contributed by atoms with Crippen LogP contribution >= 0.6 is 58.2 Å². The van der Waals surface area contributed by atoms with Crippen LogP contribution in [-0.2, 0) is 20.1 Å². The second-order valence-corrected chi connectivity index (χ2v) is 12.5. The van der Waals surface area contributed by atoms with E-state index in [2.05, 4.69) is 20.4 Å². The highest BCUT2D eigenvalue weighted by Gasteiger charge is 2.53. The van der Waals surface area contributed by atoms with Crippen LogP contribution in [0.25, 0.3) is 0 Å². The van der Waals surface area contributed by atoms with Crippen molar-refractivity contribution in [3.8, 4) is 0 Å². The van der Waals surface area contributed by atoms with E-state index >= 15 is 0 Å². The fraction of sp³-hybridized carbons (Fsp3) is 0.333. The maximum absolute atomic E-state index is 12.3. The number of fused-ring (bicyclic) bond motifs is 1. The predicted molar refractivity (Wildman–Crippen MR) is 152 cm³/mol. The molecule has 12 nitrogen and oxygen atoms in total. The van der Waals surface area contributed by atoms with Gasteiger partial charge >= 0.3 is 5.97 Å². The molecule has 0 spiro atoms. The molecular weight excluding hydrogens is 594 g/mol. The Hall–Kier alpha value is -2.50. The number of amides is 2. The van der Waals surface area contributed by atoms with Crippen molar-refractivity contribution < 1.29 is 24.7 Å². The number of hydrogen-bond acceptors (Lipinski definition) is 13. The minimum atomic E-state index is -1.15. The van der Waals surface area contributed by atoms with Gasteiger partial charge in [0.1, 0.15) is 32.9 Å². The normalized spacial score (nSPS) is 18.8. The van der Waals surface area contributed by atoms with E-state index in [0.29, 0.717) is 44.5 Å². The van der Waals surface area contributed by atoms with Crippen molar-refractivity contribution in [2.24, 2.45) is 10.9 Å². The fourth-order valence-electron chi connectivity index (χ4n) is 3.37. The number of aromatic nitrogens is 2. The Morgan fingerprint density at radius 3 is 2.84 bits per heavy atom. The molecule has 0 unspecified atom stereocenters. The monoisotopic (exact) mass is 617 g/mol. The summed E-state index contributed by atoms with van der Waals surface area (Å²) in [6.45, 7) is 2.19. The van der Waals surface area contributed by atoms with E-state index in [1.165, 1.54) is 28.4 Å². The van der Waals surface area contributed by atoms with Crippen LogP contribution in [-0.4, -0.2) is 78.6 Å². The van der Waals surface area contributed by atoms with Gasteiger partial charge in [-0.1, -0.05) is 39.9 Å². The number of nitrogens with two attached hydrogens (primary N) is 2. The third kappa shape index (κ3) is 6.92. The summed E-state index contributed by atoms with van der Waals surface area (Å²) < 4.78 is 0.442. The molecule has 0 bridgehead atoms. The van der Waals surface area contributed by atoms with Gasteiger partial charge in [-0.3, -0.25) is 19.5 Å². The van der Waals surface area contributed by atoms with Crippen LogP contribution in [0.4, 0.5) is 5.13 Å². The van der Waals surface area contributed by atoms with E-state index < -0.39 is 17.9 Å². The third-order valence-corrected chi connectivity index (χ3v) is 9.86. The minimum Gasteiger partial charge on any atom is -0.477 e. The Bertz CT molecular complexity index is 1260. The zero-order valence-electron chi connectivity index (χ0n) is 19.9. The molecule has 0 saturated carbocycles. The van der Waals surface area contributed by atoms with Gasteiger partial charge in [-0.15, -0.1) is 11.8 Å². The smallest absolute Gasteiger partial charge is 0.353 e. The van der Waals surface area contributed by atoms with Gasteiger partial charge in [0.05, 0.1) is 0 Å². The molecule has 2 aromatic heterocycles. The Kier molecular flexibility index (Phi) is 11.1. The highest BCUT2D eigenvalue weighted by atomic mass is 35.5. The zero-order chi connectivity index (χ0) is 27.8. The van der Waals surface area contributed by atoms with E-state index in [0.717, 1.165) is 33.3 Å². The molecule has 1 saturated heterocycles. The summed E-state index contributed by atoms with van der Waals surface area (Å²) in [7, 11) is 0. The number of halogens is 1. The average Bonchev–Trinajstić information content (AvgIpc) is 3.25. The molecule has 2 atom stereocenters. The Labute approximate surface area is 239 Å². The van der Waals surface area contributed by atoms with E-state index in [1.54, 1.807) is 31.1 Å². The van der Waals surface area contributed by atoms with Crippen LogP contribution in [0.5, 0.6) is 0 Å². The van der Waals surface area contributed by atoms with Crippen molar-refractivity contribution in [1.29, 1.82) is 0 Å². The molecule has 17 heteroatoms.